The minimum absolute atomic E-state index is 0.252. The number of thiocarbonyl (C=S) groups is 1. The van der Waals surface area contributed by atoms with E-state index in [0.29, 0.717) is 31.1 Å². The first-order valence-electron chi connectivity index (χ1n) is 9.85. The predicted molar refractivity (Wildman–Crippen MR) is 122 cm³/mol. The van der Waals surface area contributed by atoms with Gasteiger partial charge < -0.3 is 19.7 Å². The molecule has 6 nitrogen and oxygen atoms in total. The predicted octanol–water partition coefficient (Wildman–Crippen LogP) is 4.07. The zero-order valence-corrected chi connectivity index (χ0v) is 18.1. The van der Waals surface area contributed by atoms with E-state index >= 15 is 0 Å². The Kier molecular flexibility index (Phi) is 9.40. The molecule has 0 heterocycles. The Bertz CT molecular complexity index is 775. The van der Waals surface area contributed by atoms with Crippen LogP contribution in [0, 0.1) is 0 Å². The molecule has 0 saturated heterocycles. The number of anilines is 2. The second-order valence-electron chi connectivity index (χ2n) is 6.20. The van der Waals surface area contributed by atoms with Crippen molar-refractivity contribution in [2.45, 2.75) is 20.8 Å². The molecule has 0 aliphatic carbocycles. The summed E-state index contributed by atoms with van der Waals surface area (Å²) in [5.74, 6) is 0.415. The van der Waals surface area contributed by atoms with Crippen molar-refractivity contribution in [3.63, 3.8) is 0 Å². The summed E-state index contributed by atoms with van der Waals surface area (Å²) in [6, 6.07) is 14.9. The van der Waals surface area contributed by atoms with Gasteiger partial charge in [-0.05, 0) is 81.5 Å². The maximum atomic E-state index is 12.4. The Hall–Kier alpha value is -2.64. The smallest absolute Gasteiger partial charge is 0.257 e. The molecule has 1 amide bonds. The molecule has 0 fully saturated rings. The largest absolute Gasteiger partial charge is 0.491 e. The minimum atomic E-state index is -0.275. The molecule has 0 spiro atoms. The van der Waals surface area contributed by atoms with E-state index in [4.69, 9.17) is 21.7 Å². The molecular weight excluding hydrogens is 386 g/mol. The second-order valence-corrected chi connectivity index (χ2v) is 6.61. The van der Waals surface area contributed by atoms with E-state index in [0.717, 1.165) is 24.5 Å². The molecule has 7 heteroatoms. The third-order valence-corrected chi connectivity index (χ3v) is 4.50. The lowest BCUT2D eigenvalue weighted by atomic mass is 10.2. The van der Waals surface area contributed by atoms with Gasteiger partial charge in [-0.1, -0.05) is 0 Å². The van der Waals surface area contributed by atoms with Crippen LogP contribution in [-0.4, -0.2) is 43.9 Å². The normalized spacial score (nSPS) is 10.3. The van der Waals surface area contributed by atoms with Crippen molar-refractivity contribution in [2.75, 3.05) is 43.1 Å². The van der Waals surface area contributed by atoms with Crippen LogP contribution in [0.1, 0.15) is 31.1 Å². The Balaban J connectivity index is 1.84. The number of nitrogens with zero attached hydrogens (tertiary/aromatic N) is 1. The van der Waals surface area contributed by atoms with E-state index in [1.807, 2.05) is 31.2 Å². The van der Waals surface area contributed by atoms with Gasteiger partial charge in [0.15, 0.2) is 5.11 Å². The van der Waals surface area contributed by atoms with Crippen molar-refractivity contribution in [1.29, 1.82) is 0 Å². The first-order valence-corrected chi connectivity index (χ1v) is 10.3. The summed E-state index contributed by atoms with van der Waals surface area (Å²) in [7, 11) is 0. The molecule has 0 radical (unpaired) electrons. The number of carbonyl (C=O) groups excluding carboxylic acids is 1. The number of nitrogens with one attached hydrogen (secondary N) is 2. The quantitative estimate of drug-likeness (QED) is 0.450. The zero-order valence-electron chi connectivity index (χ0n) is 17.2. The average molecular weight is 416 g/mol. The SMILES string of the molecule is CCOCCOc1ccc(C(=O)NC(=S)Nc2ccc(N(CC)CC)cc2)cc1. The Morgan fingerprint density at radius 1 is 0.966 bits per heavy atom. The number of rotatable bonds is 10. The topological polar surface area (TPSA) is 62.8 Å². The lowest BCUT2D eigenvalue weighted by molar-refractivity contribution is 0.0977. The van der Waals surface area contributed by atoms with Gasteiger partial charge in [0, 0.05) is 36.6 Å². The van der Waals surface area contributed by atoms with Crippen LogP contribution in [0.2, 0.25) is 0 Å². The fourth-order valence-corrected chi connectivity index (χ4v) is 2.96. The van der Waals surface area contributed by atoms with Crippen LogP contribution in [0.25, 0.3) is 0 Å². The molecule has 0 aromatic heterocycles. The van der Waals surface area contributed by atoms with Crippen molar-refractivity contribution >= 4 is 34.6 Å². The molecule has 0 atom stereocenters. The number of benzene rings is 2. The summed E-state index contributed by atoms with van der Waals surface area (Å²) in [6.45, 7) is 9.77. The third-order valence-electron chi connectivity index (χ3n) is 4.30. The van der Waals surface area contributed by atoms with E-state index in [2.05, 4.69) is 29.4 Å². The molecule has 156 valence electrons. The fraction of sp³-hybridized carbons (Fsp3) is 0.364. The Morgan fingerprint density at radius 2 is 1.62 bits per heavy atom. The molecular formula is C22H29N3O3S. The highest BCUT2D eigenvalue weighted by Gasteiger charge is 2.09. The summed E-state index contributed by atoms with van der Waals surface area (Å²) in [5.41, 5.74) is 2.48. The molecule has 2 N–H and O–H groups in total. The number of ether oxygens (including phenoxy) is 2. The van der Waals surface area contributed by atoms with Gasteiger partial charge in [-0.2, -0.15) is 0 Å². The highest BCUT2D eigenvalue weighted by molar-refractivity contribution is 7.80. The average Bonchev–Trinajstić information content (AvgIpc) is 2.73. The molecule has 29 heavy (non-hydrogen) atoms. The van der Waals surface area contributed by atoms with E-state index in [1.54, 1.807) is 24.3 Å². The van der Waals surface area contributed by atoms with Crippen LogP contribution >= 0.6 is 12.2 Å². The van der Waals surface area contributed by atoms with Gasteiger partial charge in [0.05, 0.1) is 6.61 Å². The summed E-state index contributed by atoms with van der Waals surface area (Å²) in [5, 5.41) is 5.98. The van der Waals surface area contributed by atoms with Gasteiger partial charge >= 0.3 is 0 Å². The first-order chi connectivity index (χ1) is 14.1. The van der Waals surface area contributed by atoms with Crippen LogP contribution in [-0.2, 0) is 4.74 Å². The van der Waals surface area contributed by atoms with Gasteiger partial charge in [-0.25, -0.2) is 0 Å². The van der Waals surface area contributed by atoms with Crippen LogP contribution < -0.4 is 20.3 Å². The van der Waals surface area contributed by atoms with Crippen LogP contribution in [0.15, 0.2) is 48.5 Å². The van der Waals surface area contributed by atoms with Crippen molar-refractivity contribution in [1.82, 2.24) is 5.32 Å². The third kappa shape index (κ3) is 7.36. The van der Waals surface area contributed by atoms with Gasteiger partial charge in [0.2, 0.25) is 0 Å². The lowest BCUT2D eigenvalue weighted by Gasteiger charge is -2.21. The van der Waals surface area contributed by atoms with Crippen molar-refractivity contribution in [3.05, 3.63) is 54.1 Å². The molecule has 2 aromatic rings. The Labute approximate surface area is 178 Å². The maximum absolute atomic E-state index is 12.4. The molecule has 2 rings (SSSR count). The monoisotopic (exact) mass is 415 g/mol. The van der Waals surface area contributed by atoms with E-state index < -0.39 is 0 Å². The van der Waals surface area contributed by atoms with Crippen molar-refractivity contribution in [2.24, 2.45) is 0 Å². The van der Waals surface area contributed by atoms with Gasteiger partial charge in [0.1, 0.15) is 12.4 Å². The molecule has 0 unspecified atom stereocenters. The zero-order chi connectivity index (χ0) is 21.1. The first kappa shape index (κ1) is 22.6. The minimum Gasteiger partial charge on any atom is -0.491 e. The van der Waals surface area contributed by atoms with E-state index in [1.165, 1.54) is 0 Å². The number of hydrogen-bond donors (Lipinski definition) is 2. The molecule has 0 aliphatic rings. The lowest BCUT2D eigenvalue weighted by Crippen LogP contribution is -2.34. The fourth-order valence-electron chi connectivity index (χ4n) is 2.75. The molecule has 0 aliphatic heterocycles. The van der Waals surface area contributed by atoms with Gasteiger partial charge in [0.25, 0.3) is 5.91 Å². The highest BCUT2D eigenvalue weighted by atomic mass is 32.1. The van der Waals surface area contributed by atoms with Crippen LogP contribution in [0.3, 0.4) is 0 Å². The maximum Gasteiger partial charge on any atom is 0.257 e. The summed E-state index contributed by atoms with van der Waals surface area (Å²) >= 11 is 5.26. The number of amides is 1. The second kappa shape index (κ2) is 12.0. The van der Waals surface area contributed by atoms with E-state index in [-0.39, 0.29) is 11.0 Å². The van der Waals surface area contributed by atoms with Crippen molar-refractivity contribution < 1.29 is 14.3 Å². The van der Waals surface area contributed by atoms with Crippen LogP contribution in [0.5, 0.6) is 5.75 Å². The highest BCUT2D eigenvalue weighted by Crippen LogP contribution is 2.18. The number of hydrogen-bond acceptors (Lipinski definition) is 5. The molecule has 0 saturated carbocycles. The van der Waals surface area contributed by atoms with E-state index in [9.17, 15) is 4.79 Å². The Morgan fingerprint density at radius 3 is 2.21 bits per heavy atom. The summed E-state index contributed by atoms with van der Waals surface area (Å²) < 4.78 is 10.8. The molecule has 0 bridgehead atoms. The number of carbonyl (C=O) groups is 1. The van der Waals surface area contributed by atoms with Crippen LogP contribution in [0.4, 0.5) is 11.4 Å². The summed E-state index contributed by atoms with van der Waals surface area (Å²) in [6.07, 6.45) is 0. The molecule has 2 aromatic carbocycles. The van der Waals surface area contributed by atoms with Gasteiger partial charge in [-0.3, -0.25) is 10.1 Å². The van der Waals surface area contributed by atoms with Gasteiger partial charge in [-0.15, -0.1) is 0 Å². The van der Waals surface area contributed by atoms with Crippen molar-refractivity contribution in [3.8, 4) is 5.75 Å². The summed E-state index contributed by atoms with van der Waals surface area (Å²) in [4.78, 5) is 14.6. The standard InChI is InChI=1S/C22H29N3O3S/c1-4-25(5-2)19-11-9-18(10-12-19)23-22(29)24-21(26)17-7-13-20(14-8-17)28-16-15-27-6-3/h7-14H,4-6,15-16H2,1-3H3,(H2,23,24,26,29).